The predicted octanol–water partition coefficient (Wildman–Crippen LogP) is 3.54. The van der Waals surface area contributed by atoms with E-state index in [4.69, 9.17) is 10.5 Å². The molecule has 0 bridgehead atoms. The van der Waals surface area contributed by atoms with Crippen molar-refractivity contribution in [1.82, 2.24) is 0 Å². The van der Waals surface area contributed by atoms with Crippen LogP contribution < -0.4 is 5.73 Å². The summed E-state index contributed by atoms with van der Waals surface area (Å²) in [5, 5.41) is 0. The minimum atomic E-state index is -0.172. The van der Waals surface area contributed by atoms with Crippen LogP contribution in [0.5, 0.6) is 0 Å². The third-order valence-electron chi connectivity index (χ3n) is 3.51. The Morgan fingerprint density at radius 1 is 1.21 bits per heavy atom. The minimum absolute atomic E-state index is 0.101. The molecular weight excluding hydrogens is 238 g/mol. The van der Waals surface area contributed by atoms with Gasteiger partial charge in [-0.2, -0.15) is 0 Å². The van der Waals surface area contributed by atoms with Crippen LogP contribution in [0.3, 0.4) is 0 Å². The van der Waals surface area contributed by atoms with Gasteiger partial charge in [0.05, 0.1) is 6.61 Å². The lowest BCUT2D eigenvalue weighted by Gasteiger charge is -2.14. The minimum Gasteiger partial charge on any atom is -0.466 e. The highest BCUT2D eigenvalue weighted by Crippen LogP contribution is 2.22. The lowest BCUT2D eigenvalue weighted by atomic mass is 9.95. The average Bonchev–Trinajstić information content (AvgIpc) is 2.44. The Balaban J connectivity index is 2.53. The maximum Gasteiger partial charge on any atom is 0.305 e. The summed E-state index contributed by atoms with van der Waals surface area (Å²) in [6.45, 7) is 6.64. The van der Waals surface area contributed by atoms with Crippen molar-refractivity contribution in [3.05, 3.63) is 35.4 Å². The van der Waals surface area contributed by atoms with Crippen LogP contribution in [0.2, 0.25) is 0 Å². The van der Waals surface area contributed by atoms with Crippen LogP contribution in [0.15, 0.2) is 24.3 Å². The second kappa shape index (κ2) is 7.95. The second-order valence-corrected chi connectivity index (χ2v) is 4.93. The molecule has 1 aromatic carbocycles. The molecule has 0 aliphatic heterocycles. The third-order valence-corrected chi connectivity index (χ3v) is 3.51. The molecule has 0 heterocycles. The van der Waals surface area contributed by atoms with Gasteiger partial charge in [0.1, 0.15) is 0 Å². The molecule has 0 fully saturated rings. The number of ether oxygens (including phenoxy) is 1. The Hall–Kier alpha value is -1.35. The van der Waals surface area contributed by atoms with E-state index in [1.54, 1.807) is 0 Å². The number of rotatable bonds is 7. The first-order chi connectivity index (χ1) is 9.08. The van der Waals surface area contributed by atoms with Gasteiger partial charge in [0.15, 0.2) is 0 Å². The monoisotopic (exact) mass is 263 g/mol. The summed E-state index contributed by atoms with van der Waals surface area (Å²) in [7, 11) is 0. The zero-order chi connectivity index (χ0) is 14.3. The number of hydrogen-bond acceptors (Lipinski definition) is 3. The van der Waals surface area contributed by atoms with Crippen molar-refractivity contribution in [2.75, 3.05) is 6.61 Å². The molecule has 2 atom stereocenters. The van der Waals surface area contributed by atoms with E-state index >= 15 is 0 Å². The van der Waals surface area contributed by atoms with Crippen LogP contribution in [0.4, 0.5) is 0 Å². The van der Waals surface area contributed by atoms with Crippen LogP contribution in [0.25, 0.3) is 0 Å². The van der Waals surface area contributed by atoms with E-state index in [-0.39, 0.29) is 12.0 Å². The van der Waals surface area contributed by atoms with E-state index in [0.717, 1.165) is 12.0 Å². The number of carbonyl (C=O) groups excluding carboxylic acids is 1. The first-order valence-corrected chi connectivity index (χ1v) is 7.09. The van der Waals surface area contributed by atoms with Gasteiger partial charge < -0.3 is 10.5 Å². The highest BCUT2D eigenvalue weighted by molar-refractivity contribution is 5.69. The highest BCUT2D eigenvalue weighted by Gasteiger charge is 2.10. The summed E-state index contributed by atoms with van der Waals surface area (Å²) in [5.74, 6) is 0.402. The first kappa shape index (κ1) is 15.7. The fraction of sp³-hybridized carbons (Fsp3) is 0.562. The molecule has 0 saturated carbocycles. The zero-order valence-corrected chi connectivity index (χ0v) is 12.2. The van der Waals surface area contributed by atoms with Crippen molar-refractivity contribution in [1.29, 1.82) is 0 Å². The first-order valence-electron chi connectivity index (χ1n) is 7.09. The highest BCUT2D eigenvalue weighted by atomic mass is 16.5. The summed E-state index contributed by atoms with van der Waals surface area (Å²) in [6, 6.07) is 8.30. The molecule has 3 nitrogen and oxygen atoms in total. The lowest BCUT2D eigenvalue weighted by Crippen LogP contribution is -2.13. The van der Waals surface area contributed by atoms with Gasteiger partial charge in [0.25, 0.3) is 0 Å². The molecule has 1 aromatic rings. The smallest absolute Gasteiger partial charge is 0.305 e. The number of nitrogens with two attached hydrogens (primary N) is 1. The largest absolute Gasteiger partial charge is 0.466 e. The van der Waals surface area contributed by atoms with Crippen molar-refractivity contribution >= 4 is 5.97 Å². The summed E-state index contributed by atoms with van der Waals surface area (Å²) in [5.41, 5.74) is 8.51. The summed E-state index contributed by atoms with van der Waals surface area (Å²) in [4.78, 5) is 11.3. The number of hydrogen-bond donors (Lipinski definition) is 1. The van der Waals surface area contributed by atoms with Gasteiger partial charge in [-0.15, -0.1) is 0 Å². The van der Waals surface area contributed by atoms with Crippen molar-refractivity contribution in [2.24, 2.45) is 5.73 Å². The quantitative estimate of drug-likeness (QED) is 0.765. The molecule has 0 aromatic heterocycles. The van der Waals surface area contributed by atoms with E-state index in [9.17, 15) is 4.79 Å². The molecule has 0 amide bonds. The molecule has 0 aliphatic carbocycles. The molecule has 1 rings (SSSR count). The van der Waals surface area contributed by atoms with Crippen LogP contribution >= 0.6 is 0 Å². The summed E-state index contributed by atoms with van der Waals surface area (Å²) in [6.07, 6.45) is 2.14. The molecule has 2 N–H and O–H groups in total. The van der Waals surface area contributed by atoms with Crippen LogP contribution in [-0.2, 0) is 9.53 Å². The average molecular weight is 263 g/mol. The molecule has 0 radical (unpaired) electrons. The van der Waals surface area contributed by atoms with Gasteiger partial charge in [-0.1, -0.05) is 38.1 Å². The molecular formula is C16H25NO2. The lowest BCUT2D eigenvalue weighted by molar-refractivity contribution is -0.143. The van der Waals surface area contributed by atoms with Crippen LogP contribution in [0.1, 0.15) is 63.1 Å². The SMILES string of the molecule is CCOC(=O)CCC(N)c1ccc(C(C)CC)cc1. The van der Waals surface area contributed by atoms with Crippen LogP contribution in [0, 0.1) is 0 Å². The van der Waals surface area contributed by atoms with E-state index in [1.165, 1.54) is 5.56 Å². The fourth-order valence-electron chi connectivity index (χ4n) is 1.98. The standard InChI is InChI=1S/C16H25NO2/c1-4-12(3)13-6-8-14(9-7-13)15(17)10-11-16(18)19-5-2/h6-9,12,15H,4-5,10-11,17H2,1-3H3. The fourth-order valence-corrected chi connectivity index (χ4v) is 1.98. The normalized spacial score (nSPS) is 13.9. The molecule has 2 unspecified atom stereocenters. The summed E-state index contributed by atoms with van der Waals surface area (Å²) >= 11 is 0. The van der Waals surface area contributed by atoms with Gasteiger partial charge >= 0.3 is 5.97 Å². The Morgan fingerprint density at radius 3 is 2.32 bits per heavy atom. The molecule has 19 heavy (non-hydrogen) atoms. The number of carbonyl (C=O) groups is 1. The van der Waals surface area contributed by atoms with Crippen molar-refractivity contribution in [3.63, 3.8) is 0 Å². The van der Waals surface area contributed by atoms with Gasteiger partial charge in [-0.25, -0.2) is 0 Å². The van der Waals surface area contributed by atoms with Gasteiger partial charge in [0, 0.05) is 12.5 Å². The van der Waals surface area contributed by atoms with E-state index in [0.29, 0.717) is 25.4 Å². The third kappa shape index (κ3) is 5.03. The molecule has 3 heteroatoms. The molecule has 0 aliphatic rings. The Kier molecular flexibility index (Phi) is 6.57. The van der Waals surface area contributed by atoms with Gasteiger partial charge in [0.2, 0.25) is 0 Å². The van der Waals surface area contributed by atoms with E-state index < -0.39 is 0 Å². The second-order valence-electron chi connectivity index (χ2n) is 4.93. The topological polar surface area (TPSA) is 52.3 Å². The number of esters is 1. The Labute approximate surface area is 116 Å². The van der Waals surface area contributed by atoms with Crippen LogP contribution in [-0.4, -0.2) is 12.6 Å². The van der Waals surface area contributed by atoms with Crippen molar-refractivity contribution < 1.29 is 9.53 Å². The van der Waals surface area contributed by atoms with E-state index in [2.05, 4.69) is 38.1 Å². The van der Waals surface area contributed by atoms with Gasteiger partial charge in [-0.3, -0.25) is 4.79 Å². The molecule has 106 valence electrons. The van der Waals surface area contributed by atoms with Gasteiger partial charge in [-0.05, 0) is 36.8 Å². The summed E-state index contributed by atoms with van der Waals surface area (Å²) < 4.78 is 4.90. The molecule has 0 spiro atoms. The maximum absolute atomic E-state index is 11.3. The predicted molar refractivity (Wildman–Crippen MR) is 77.9 cm³/mol. The number of benzene rings is 1. The van der Waals surface area contributed by atoms with Crippen molar-refractivity contribution in [2.45, 2.75) is 52.0 Å². The Bertz CT molecular complexity index is 386. The maximum atomic E-state index is 11.3. The van der Waals surface area contributed by atoms with E-state index in [1.807, 2.05) is 6.92 Å². The zero-order valence-electron chi connectivity index (χ0n) is 12.2. The molecule has 0 saturated heterocycles. The Morgan fingerprint density at radius 2 is 1.79 bits per heavy atom. The van der Waals surface area contributed by atoms with Crippen molar-refractivity contribution in [3.8, 4) is 0 Å².